The van der Waals surface area contributed by atoms with Crippen LogP contribution in [-0.4, -0.2) is 10.0 Å². The zero-order chi connectivity index (χ0) is 16.3. The van der Waals surface area contributed by atoms with Gasteiger partial charge in [-0.1, -0.05) is 17.7 Å². The van der Waals surface area contributed by atoms with E-state index in [4.69, 9.17) is 23.8 Å². The number of thiocarbonyl (C=S) groups is 1. The van der Waals surface area contributed by atoms with Gasteiger partial charge in [0.05, 0.1) is 4.92 Å². The lowest BCUT2D eigenvalue weighted by atomic mass is 10.2. The SMILES string of the molecule is Cc1ccc(NC(=S)Nc2ccc(F)c([N+](=O)[O-])c2)cc1Cl. The van der Waals surface area contributed by atoms with Crippen molar-refractivity contribution in [2.75, 3.05) is 10.6 Å². The average molecular weight is 340 g/mol. The topological polar surface area (TPSA) is 67.2 Å². The highest BCUT2D eigenvalue weighted by molar-refractivity contribution is 7.80. The molecule has 2 aromatic carbocycles. The molecule has 114 valence electrons. The van der Waals surface area contributed by atoms with Gasteiger partial charge in [0.2, 0.25) is 5.82 Å². The molecule has 0 radical (unpaired) electrons. The number of nitrogens with one attached hydrogen (secondary N) is 2. The van der Waals surface area contributed by atoms with E-state index in [1.165, 1.54) is 6.07 Å². The number of hydrogen-bond acceptors (Lipinski definition) is 3. The zero-order valence-corrected chi connectivity index (χ0v) is 13.0. The van der Waals surface area contributed by atoms with E-state index in [-0.39, 0.29) is 5.11 Å². The highest BCUT2D eigenvalue weighted by Crippen LogP contribution is 2.23. The number of anilines is 2. The van der Waals surface area contributed by atoms with Crippen LogP contribution >= 0.6 is 23.8 Å². The van der Waals surface area contributed by atoms with Gasteiger partial charge in [-0.05, 0) is 49.0 Å². The summed E-state index contributed by atoms with van der Waals surface area (Å²) in [5, 5.41) is 17.1. The fourth-order valence-corrected chi connectivity index (χ4v) is 2.11. The van der Waals surface area contributed by atoms with E-state index in [1.807, 2.05) is 13.0 Å². The average Bonchev–Trinajstić information content (AvgIpc) is 2.44. The quantitative estimate of drug-likeness (QED) is 0.489. The molecule has 0 aliphatic heterocycles. The van der Waals surface area contributed by atoms with Crippen molar-refractivity contribution in [3.05, 3.63) is 62.9 Å². The van der Waals surface area contributed by atoms with Gasteiger partial charge in [0.1, 0.15) is 0 Å². The highest BCUT2D eigenvalue weighted by Gasteiger charge is 2.14. The maximum Gasteiger partial charge on any atom is 0.306 e. The van der Waals surface area contributed by atoms with E-state index in [9.17, 15) is 14.5 Å². The summed E-state index contributed by atoms with van der Waals surface area (Å²) in [4.78, 5) is 9.90. The van der Waals surface area contributed by atoms with Crippen LogP contribution in [0.3, 0.4) is 0 Å². The van der Waals surface area contributed by atoms with Crippen molar-refractivity contribution in [3.8, 4) is 0 Å². The van der Waals surface area contributed by atoms with Crippen LogP contribution in [0.2, 0.25) is 5.02 Å². The second kappa shape index (κ2) is 6.67. The van der Waals surface area contributed by atoms with Crippen LogP contribution in [0.15, 0.2) is 36.4 Å². The molecule has 2 N–H and O–H groups in total. The molecule has 2 aromatic rings. The van der Waals surface area contributed by atoms with Gasteiger partial charge in [-0.25, -0.2) is 0 Å². The smallest absolute Gasteiger partial charge is 0.306 e. The Bertz CT molecular complexity index is 755. The lowest BCUT2D eigenvalue weighted by Crippen LogP contribution is -2.19. The largest absolute Gasteiger partial charge is 0.332 e. The molecule has 0 saturated heterocycles. The van der Waals surface area contributed by atoms with Crippen LogP contribution in [0.5, 0.6) is 0 Å². The van der Waals surface area contributed by atoms with E-state index in [1.54, 1.807) is 12.1 Å². The van der Waals surface area contributed by atoms with Crippen LogP contribution in [0.1, 0.15) is 5.56 Å². The highest BCUT2D eigenvalue weighted by atomic mass is 35.5. The predicted molar refractivity (Wildman–Crippen MR) is 89.1 cm³/mol. The first kappa shape index (κ1) is 16.1. The van der Waals surface area contributed by atoms with E-state index in [0.29, 0.717) is 16.4 Å². The zero-order valence-electron chi connectivity index (χ0n) is 11.4. The number of benzene rings is 2. The molecule has 0 unspecified atom stereocenters. The molecule has 0 heterocycles. The van der Waals surface area contributed by atoms with Crippen LogP contribution < -0.4 is 10.6 Å². The molecule has 8 heteroatoms. The van der Waals surface area contributed by atoms with Crippen LogP contribution in [-0.2, 0) is 0 Å². The van der Waals surface area contributed by atoms with Gasteiger partial charge in [0.15, 0.2) is 5.11 Å². The summed E-state index contributed by atoms with van der Waals surface area (Å²) in [6, 6.07) is 8.77. The molecule has 22 heavy (non-hydrogen) atoms. The molecule has 0 bridgehead atoms. The molecular weight excluding hydrogens is 329 g/mol. The van der Waals surface area contributed by atoms with E-state index in [2.05, 4.69) is 10.6 Å². The minimum atomic E-state index is -0.903. The number of nitrogens with zero attached hydrogens (tertiary/aromatic N) is 1. The van der Waals surface area contributed by atoms with Crippen LogP contribution in [0.25, 0.3) is 0 Å². The molecule has 5 nitrogen and oxygen atoms in total. The van der Waals surface area contributed by atoms with Crippen molar-refractivity contribution in [2.45, 2.75) is 6.92 Å². The molecule has 0 amide bonds. The Hall–Kier alpha value is -2.25. The van der Waals surface area contributed by atoms with Gasteiger partial charge < -0.3 is 10.6 Å². The number of nitro benzene ring substituents is 1. The Morgan fingerprint density at radius 1 is 1.23 bits per heavy atom. The van der Waals surface area contributed by atoms with Crippen molar-refractivity contribution in [3.63, 3.8) is 0 Å². The number of rotatable bonds is 3. The Morgan fingerprint density at radius 2 is 1.82 bits per heavy atom. The normalized spacial score (nSPS) is 10.1. The summed E-state index contributed by atoms with van der Waals surface area (Å²) < 4.78 is 13.3. The fraction of sp³-hybridized carbons (Fsp3) is 0.0714. The van der Waals surface area contributed by atoms with Crippen molar-refractivity contribution >= 4 is 46.0 Å². The predicted octanol–water partition coefficient (Wildman–Crippen LogP) is 4.50. The number of halogens is 2. The third kappa shape index (κ3) is 3.90. The van der Waals surface area contributed by atoms with Gasteiger partial charge in [0.25, 0.3) is 0 Å². The lowest BCUT2D eigenvalue weighted by molar-refractivity contribution is -0.387. The fourth-order valence-electron chi connectivity index (χ4n) is 1.69. The minimum Gasteiger partial charge on any atom is -0.332 e. The van der Waals surface area contributed by atoms with E-state index in [0.717, 1.165) is 17.7 Å². The summed E-state index contributed by atoms with van der Waals surface area (Å²) in [6.07, 6.45) is 0. The summed E-state index contributed by atoms with van der Waals surface area (Å²) in [6.45, 7) is 1.88. The van der Waals surface area contributed by atoms with E-state index < -0.39 is 16.4 Å². The Kier molecular flexibility index (Phi) is 4.89. The second-order valence-corrected chi connectivity index (χ2v) is 5.28. The van der Waals surface area contributed by atoms with Crippen molar-refractivity contribution in [1.82, 2.24) is 0 Å². The van der Waals surface area contributed by atoms with Gasteiger partial charge >= 0.3 is 5.69 Å². The number of hydrogen-bond donors (Lipinski definition) is 2. The summed E-state index contributed by atoms with van der Waals surface area (Å²) in [7, 11) is 0. The van der Waals surface area contributed by atoms with Crippen molar-refractivity contribution in [1.29, 1.82) is 0 Å². The van der Waals surface area contributed by atoms with E-state index >= 15 is 0 Å². The minimum absolute atomic E-state index is 0.209. The first-order valence-corrected chi connectivity index (χ1v) is 6.93. The second-order valence-electron chi connectivity index (χ2n) is 4.47. The molecule has 0 aromatic heterocycles. The molecule has 0 atom stereocenters. The maximum atomic E-state index is 13.3. The summed E-state index contributed by atoms with van der Waals surface area (Å²) >= 11 is 11.1. The van der Waals surface area contributed by atoms with Crippen molar-refractivity contribution in [2.24, 2.45) is 0 Å². The third-order valence-electron chi connectivity index (χ3n) is 2.83. The summed E-state index contributed by atoms with van der Waals surface area (Å²) in [5.74, 6) is -0.903. The monoisotopic (exact) mass is 339 g/mol. The Morgan fingerprint density at radius 3 is 2.41 bits per heavy atom. The third-order valence-corrected chi connectivity index (χ3v) is 3.44. The molecule has 0 aliphatic carbocycles. The maximum absolute atomic E-state index is 13.3. The first-order chi connectivity index (χ1) is 10.4. The van der Waals surface area contributed by atoms with Crippen molar-refractivity contribution < 1.29 is 9.31 Å². The Balaban J connectivity index is 2.10. The number of nitro groups is 1. The van der Waals surface area contributed by atoms with Gasteiger partial charge in [-0.2, -0.15) is 4.39 Å². The molecule has 0 aliphatic rings. The van der Waals surface area contributed by atoms with Gasteiger partial charge in [-0.15, -0.1) is 0 Å². The first-order valence-electron chi connectivity index (χ1n) is 6.15. The molecular formula is C14H11ClFN3O2S. The van der Waals surface area contributed by atoms with Gasteiger partial charge in [-0.3, -0.25) is 10.1 Å². The molecule has 2 rings (SSSR count). The van der Waals surface area contributed by atoms with Crippen LogP contribution in [0, 0.1) is 22.9 Å². The summed E-state index contributed by atoms with van der Waals surface area (Å²) in [5.41, 5.74) is 1.29. The standard InChI is InChI=1S/C14H11ClFN3O2S/c1-8-2-3-9(6-11(8)15)17-14(22)18-10-4-5-12(16)13(7-10)19(20)21/h2-7H,1H3,(H2,17,18,22). The number of aryl methyl sites for hydroxylation is 1. The lowest BCUT2D eigenvalue weighted by Gasteiger charge is -2.11. The molecule has 0 saturated carbocycles. The molecule has 0 spiro atoms. The Labute approximate surface area is 136 Å². The van der Waals surface area contributed by atoms with Gasteiger partial charge in [0, 0.05) is 22.5 Å². The van der Waals surface area contributed by atoms with Crippen LogP contribution in [0.4, 0.5) is 21.5 Å². The molecule has 0 fully saturated rings.